The van der Waals surface area contributed by atoms with Gasteiger partial charge in [0.1, 0.15) is 5.82 Å². The van der Waals surface area contributed by atoms with Gasteiger partial charge in [-0.05, 0) is 49.2 Å². The molecule has 0 atom stereocenters. The fourth-order valence-electron chi connectivity index (χ4n) is 3.44. The van der Waals surface area contributed by atoms with E-state index in [2.05, 4.69) is 34.6 Å². The van der Waals surface area contributed by atoms with Gasteiger partial charge in [0.05, 0.1) is 16.8 Å². The number of halogens is 1. The van der Waals surface area contributed by atoms with E-state index in [1.807, 2.05) is 42.5 Å². The first-order chi connectivity index (χ1) is 15.0. The predicted molar refractivity (Wildman–Crippen MR) is 122 cm³/mol. The molecule has 7 heteroatoms. The number of nitrogen functional groups attached to an aromatic ring is 1. The summed E-state index contributed by atoms with van der Waals surface area (Å²) in [5.74, 6) is 6.38. The smallest absolute Gasteiger partial charge is 0.225 e. The van der Waals surface area contributed by atoms with Crippen LogP contribution >= 0.6 is 0 Å². The molecule has 0 amide bonds. The summed E-state index contributed by atoms with van der Waals surface area (Å²) in [6, 6.07) is 19.9. The molecular formula is C24H23FN6. The first-order valence-electron chi connectivity index (χ1n) is 9.86. The largest absolute Gasteiger partial charge is 0.345 e. The Bertz CT molecular complexity index is 1160. The van der Waals surface area contributed by atoms with Crippen molar-refractivity contribution < 1.29 is 4.39 Å². The van der Waals surface area contributed by atoms with E-state index < -0.39 is 5.54 Å². The summed E-state index contributed by atoms with van der Waals surface area (Å²) in [4.78, 5) is 13.5. The fourth-order valence-corrected chi connectivity index (χ4v) is 3.44. The number of nitrogens with one attached hydrogen (secondary N) is 2. The van der Waals surface area contributed by atoms with E-state index >= 15 is 0 Å². The second kappa shape index (κ2) is 8.49. The lowest BCUT2D eigenvalue weighted by molar-refractivity contribution is 0.602. The molecule has 0 saturated heterocycles. The molecule has 4 rings (SSSR count). The predicted octanol–water partition coefficient (Wildman–Crippen LogP) is 4.98. The van der Waals surface area contributed by atoms with Crippen LogP contribution in [-0.2, 0) is 5.54 Å². The molecule has 31 heavy (non-hydrogen) atoms. The average molecular weight is 414 g/mol. The molecule has 2 aromatic carbocycles. The van der Waals surface area contributed by atoms with Crippen LogP contribution in [0.4, 0.5) is 16.2 Å². The highest BCUT2D eigenvalue weighted by atomic mass is 19.1. The highest BCUT2D eigenvalue weighted by Gasteiger charge is 2.24. The van der Waals surface area contributed by atoms with Crippen molar-refractivity contribution in [3.8, 4) is 22.4 Å². The number of hydrogen-bond acceptors (Lipinski definition) is 6. The lowest BCUT2D eigenvalue weighted by Crippen LogP contribution is -2.29. The van der Waals surface area contributed by atoms with Crippen molar-refractivity contribution in [2.45, 2.75) is 19.4 Å². The van der Waals surface area contributed by atoms with Gasteiger partial charge in [0, 0.05) is 18.0 Å². The van der Waals surface area contributed by atoms with Gasteiger partial charge >= 0.3 is 0 Å². The Kier molecular flexibility index (Phi) is 5.60. The monoisotopic (exact) mass is 414 g/mol. The van der Waals surface area contributed by atoms with Crippen molar-refractivity contribution in [1.82, 2.24) is 15.0 Å². The van der Waals surface area contributed by atoms with E-state index in [1.54, 1.807) is 24.5 Å². The van der Waals surface area contributed by atoms with Crippen molar-refractivity contribution in [2.75, 3.05) is 10.7 Å². The van der Waals surface area contributed by atoms with Crippen LogP contribution in [0.3, 0.4) is 0 Å². The van der Waals surface area contributed by atoms with Crippen LogP contribution in [0.15, 0.2) is 79.1 Å². The Balaban J connectivity index is 1.86. The Hall–Kier alpha value is -3.84. The summed E-state index contributed by atoms with van der Waals surface area (Å²) >= 11 is 0. The van der Waals surface area contributed by atoms with Gasteiger partial charge in [-0.2, -0.15) is 4.98 Å². The van der Waals surface area contributed by atoms with E-state index in [0.717, 1.165) is 16.7 Å². The van der Waals surface area contributed by atoms with Crippen LogP contribution in [-0.4, -0.2) is 15.0 Å². The number of anilines is 2. The number of nitrogens with two attached hydrogens (primary N) is 1. The summed E-state index contributed by atoms with van der Waals surface area (Å²) in [5, 5.41) is 3.41. The van der Waals surface area contributed by atoms with Crippen LogP contribution in [0.25, 0.3) is 22.4 Å². The van der Waals surface area contributed by atoms with E-state index in [-0.39, 0.29) is 5.82 Å². The zero-order chi connectivity index (χ0) is 21.8. The van der Waals surface area contributed by atoms with Gasteiger partial charge in [-0.1, -0.05) is 42.5 Å². The number of nitrogens with zero attached hydrogens (tertiary/aromatic N) is 3. The van der Waals surface area contributed by atoms with E-state index in [4.69, 9.17) is 10.8 Å². The maximum atomic E-state index is 13.5. The van der Waals surface area contributed by atoms with Crippen molar-refractivity contribution in [1.29, 1.82) is 0 Å². The molecule has 4 N–H and O–H groups in total. The molecule has 0 spiro atoms. The van der Waals surface area contributed by atoms with Gasteiger partial charge in [-0.15, -0.1) is 0 Å². The van der Waals surface area contributed by atoms with Crippen molar-refractivity contribution in [3.63, 3.8) is 0 Å². The number of benzene rings is 2. The molecule has 0 bridgehead atoms. The maximum Gasteiger partial charge on any atom is 0.225 e. The van der Waals surface area contributed by atoms with Crippen molar-refractivity contribution in [3.05, 3.63) is 90.5 Å². The van der Waals surface area contributed by atoms with Gasteiger partial charge in [-0.25, -0.2) is 15.2 Å². The number of hydrogen-bond donors (Lipinski definition) is 3. The third-order valence-corrected chi connectivity index (χ3v) is 5.05. The minimum absolute atomic E-state index is 0.319. The molecule has 0 fully saturated rings. The fraction of sp³-hybridized carbons (Fsp3) is 0.125. The molecule has 0 saturated carbocycles. The average Bonchev–Trinajstić information content (AvgIpc) is 2.80. The Morgan fingerprint density at radius 2 is 1.52 bits per heavy atom. The summed E-state index contributed by atoms with van der Waals surface area (Å²) in [6.07, 6.45) is 3.39. The number of aromatic nitrogens is 3. The van der Waals surface area contributed by atoms with Crippen LogP contribution in [0, 0.1) is 5.82 Å². The van der Waals surface area contributed by atoms with Gasteiger partial charge in [0.15, 0.2) is 5.82 Å². The molecule has 2 heterocycles. The van der Waals surface area contributed by atoms with E-state index in [0.29, 0.717) is 23.0 Å². The lowest BCUT2D eigenvalue weighted by atomic mass is 9.94. The first-order valence-corrected chi connectivity index (χ1v) is 9.86. The summed E-state index contributed by atoms with van der Waals surface area (Å²) in [7, 11) is 0. The molecule has 0 radical (unpaired) electrons. The Morgan fingerprint density at radius 1 is 0.839 bits per heavy atom. The number of hydrazine groups is 1. The Labute approximate surface area is 180 Å². The third kappa shape index (κ3) is 4.36. The van der Waals surface area contributed by atoms with Crippen molar-refractivity contribution >= 4 is 11.8 Å². The minimum Gasteiger partial charge on any atom is -0.345 e. The van der Waals surface area contributed by atoms with Gasteiger partial charge in [0.25, 0.3) is 0 Å². The second-order valence-corrected chi connectivity index (χ2v) is 7.62. The van der Waals surface area contributed by atoms with E-state index in [1.165, 1.54) is 12.1 Å². The van der Waals surface area contributed by atoms with Gasteiger partial charge in [-0.3, -0.25) is 4.98 Å². The second-order valence-electron chi connectivity index (χ2n) is 7.62. The molecule has 6 nitrogen and oxygen atoms in total. The third-order valence-electron chi connectivity index (χ3n) is 5.05. The quantitative estimate of drug-likeness (QED) is 0.305. The Morgan fingerprint density at radius 3 is 2.16 bits per heavy atom. The molecule has 4 aromatic rings. The minimum atomic E-state index is -0.431. The number of pyridine rings is 1. The molecule has 0 unspecified atom stereocenters. The van der Waals surface area contributed by atoms with E-state index in [9.17, 15) is 4.39 Å². The van der Waals surface area contributed by atoms with Gasteiger partial charge in [0.2, 0.25) is 5.95 Å². The molecular weight excluding hydrogens is 391 g/mol. The molecule has 0 aliphatic carbocycles. The summed E-state index contributed by atoms with van der Waals surface area (Å²) in [6.45, 7) is 4.11. The van der Waals surface area contributed by atoms with Crippen molar-refractivity contribution in [2.24, 2.45) is 5.84 Å². The number of rotatable bonds is 6. The maximum absolute atomic E-state index is 13.5. The highest BCUT2D eigenvalue weighted by Crippen LogP contribution is 2.37. The molecule has 156 valence electrons. The topological polar surface area (TPSA) is 88.8 Å². The van der Waals surface area contributed by atoms with Gasteiger partial charge < -0.3 is 10.7 Å². The summed E-state index contributed by atoms with van der Waals surface area (Å²) < 4.78 is 13.5. The lowest BCUT2D eigenvalue weighted by Gasteiger charge is -2.28. The highest BCUT2D eigenvalue weighted by molar-refractivity contribution is 5.88. The molecule has 0 aliphatic rings. The summed E-state index contributed by atoms with van der Waals surface area (Å²) in [5.41, 5.74) is 6.27. The zero-order valence-electron chi connectivity index (χ0n) is 17.3. The van der Waals surface area contributed by atoms with Crippen LogP contribution in [0.5, 0.6) is 0 Å². The van der Waals surface area contributed by atoms with Crippen LogP contribution in [0.1, 0.15) is 19.4 Å². The molecule has 2 aromatic heterocycles. The van der Waals surface area contributed by atoms with Crippen LogP contribution in [0.2, 0.25) is 0 Å². The first kappa shape index (κ1) is 20.4. The SMILES string of the molecule is CC(C)(Nc1nc(NN)c(-c2ccc(F)cc2)c(-c2ccncc2)n1)c1ccccc1. The standard InChI is InChI=1S/C24H23FN6/c1-24(2,18-6-4-3-5-7-18)30-23-28-21(17-12-14-27-15-13-17)20(22(29-23)31-26)16-8-10-19(25)11-9-16/h3-15H,26H2,1-2H3,(H2,28,29,30,31). The normalized spacial score (nSPS) is 11.2. The van der Waals surface area contributed by atoms with Crippen LogP contribution < -0.4 is 16.6 Å². The zero-order valence-corrected chi connectivity index (χ0v) is 17.3. The molecule has 0 aliphatic heterocycles.